The third kappa shape index (κ3) is 5.02. The fourth-order valence-corrected chi connectivity index (χ4v) is 4.25. The molecule has 3 aromatic rings. The maximum atomic E-state index is 12.6. The molecule has 29 heavy (non-hydrogen) atoms. The number of ether oxygens (including phenoxy) is 1. The Labute approximate surface area is 178 Å². The molecule has 0 aliphatic carbocycles. The van der Waals surface area contributed by atoms with E-state index in [1.54, 1.807) is 23.0 Å². The van der Waals surface area contributed by atoms with Crippen molar-refractivity contribution in [2.75, 3.05) is 18.4 Å². The zero-order valence-corrected chi connectivity index (χ0v) is 17.8. The number of carbonyl (C=O) groups is 1. The van der Waals surface area contributed by atoms with Gasteiger partial charge in [0.25, 0.3) is 5.91 Å². The molecule has 4 rings (SSSR count). The monoisotopic (exact) mass is 431 g/mol. The van der Waals surface area contributed by atoms with E-state index in [0.717, 1.165) is 31.0 Å². The molecule has 1 saturated heterocycles. The summed E-state index contributed by atoms with van der Waals surface area (Å²) in [6, 6.07) is 7.26. The highest BCUT2D eigenvalue weighted by Gasteiger charge is 2.23. The summed E-state index contributed by atoms with van der Waals surface area (Å²) >= 11 is 7.34. The second-order valence-electron chi connectivity index (χ2n) is 7.20. The summed E-state index contributed by atoms with van der Waals surface area (Å²) in [5, 5.41) is 10.3. The summed E-state index contributed by atoms with van der Waals surface area (Å²) in [6.07, 6.45) is 3.65. The van der Waals surface area contributed by atoms with Gasteiger partial charge >= 0.3 is 0 Å². The van der Waals surface area contributed by atoms with Crippen LogP contribution in [0, 0.1) is 0 Å². The summed E-state index contributed by atoms with van der Waals surface area (Å²) in [5.74, 6) is -0.236. The molecule has 0 spiro atoms. The van der Waals surface area contributed by atoms with Crippen LogP contribution in [0.25, 0.3) is 5.69 Å². The topological polar surface area (TPSA) is 72.3 Å². The number of benzene rings is 1. The van der Waals surface area contributed by atoms with Crippen LogP contribution in [0.2, 0.25) is 5.02 Å². The maximum absolute atomic E-state index is 12.6. The Morgan fingerprint density at radius 3 is 2.72 bits per heavy atom. The molecule has 2 unspecified atom stereocenters. The first kappa shape index (κ1) is 20.0. The minimum Gasteiger partial charge on any atom is -0.373 e. The van der Waals surface area contributed by atoms with E-state index in [0.29, 0.717) is 15.7 Å². The molecule has 1 amide bonds. The van der Waals surface area contributed by atoms with E-state index < -0.39 is 0 Å². The lowest BCUT2D eigenvalue weighted by Gasteiger charge is -2.34. The first-order valence-corrected chi connectivity index (χ1v) is 10.7. The van der Waals surface area contributed by atoms with Crippen LogP contribution in [0.3, 0.4) is 0 Å². The van der Waals surface area contributed by atoms with Crippen LogP contribution in [-0.4, -0.2) is 50.9 Å². The van der Waals surface area contributed by atoms with Crippen molar-refractivity contribution in [3.8, 4) is 5.69 Å². The number of thiazole rings is 1. The normalized spacial score (nSPS) is 20.0. The molecule has 2 aromatic heterocycles. The Hall–Kier alpha value is -2.26. The lowest BCUT2D eigenvalue weighted by atomic mass is 10.2. The number of nitrogens with zero attached hydrogens (tertiary/aromatic N) is 4. The molecular formula is C20H22ClN5O2S. The van der Waals surface area contributed by atoms with E-state index in [-0.39, 0.29) is 18.1 Å². The number of halogens is 1. The first-order chi connectivity index (χ1) is 14.0. The van der Waals surface area contributed by atoms with Gasteiger partial charge in [-0.25, -0.2) is 9.67 Å². The highest BCUT2D eigenvalue weighted by atomic mass is 35.5. The molecule has 1 aliphatic rings. The van der Waals surface area contributed by atoms with Crippen LogP contribution < -0.4 is 5.32 Å². The number of aromatic nitrogens is 3. The van der Waals surface area contributed by atoms with Gasteiger partial charge in [0.1, 0.15) is 0 Å². The summed E-state index contributed by atoms with van der Waals surface area (Å²) in [7, 11) is 0. The van der Waals surface area contributed by atoms with Gasteiger partial charge in [-0.3, -0.25) is 15.0 Å². The quantitative estimate of drug-likeness (QED) is 0.664. The lowest BCUT2D eigenvalue weighted by Crippen LogP contribution is -2.44. The molecule has 2 atom stereocenters. The summed E-state index contributed by atoms with van der Waals surface area (Å²) < 4.78 is 7.41. The fraction of sp³-hybridized carbons (Fsp3) is 0.350. The molecule has 1 aliphatic heterocycles. The fourth-order valence-electron chi connectivity index (χ4n) is 3.42. The van der Waals surface area contributed by atoms with Crippen molar-refractivity contribution < 1.29 is 9.53 Å². The van der Waals surface area contributed by atoms with Crippen molar-refractivity contribution in [1.82, 2.24) is 19.7 Å². The second-order valence-corrected chi connectivity index (χ2v) is 8.49. The number of hydrogen-bond donors (Lipinski definition) is 1. The highest BCUT2D eigenvalue weighted by Crippen LogP contribution is 2.20. The van der Waals surface area contributed by atoms with E-state index in [1.165, 1.54) is 17.5 Å². The molecule has 1 aromatic carbocycles. The zero-order chi connectivity index (χ0) is 20.4. The van der Waals surface area contributed by atoms with Crippen LogP contribution >= 0.6 is 22.9 Å². The van der Waals surface area contributed by atoms with Crippen molar-refractivity contribution in [2.45, 2.75) is 32.6 Å². The third-order valence-electron chi connectivity index (χ3n) is 4.59. The van der Waals surface area contributed by atoms with E-state index >= 15 is 0 Å². The van der Waals surface area contributed by atoms with Crippen molar-refractivity contribution in [3.05, 3.63) is 58.3 Å². The maximum Gasteiger partial charge on any atom is 0.260 e. The highest BCUT2D eigenvalue weighted by molar-refractivity contribution is 7.13. The van der Waals surface area contributed by atoms with Gasteiger partial charge in [-0.1, -0.05) is 11.6 Å². The van der Waals surface area contributed by atoms with E-state index in [2.05, 4.69) is 34.1 Å². The third-order valence-corrected chi connectivity index (χ3v) is 5.65. The molecule has 0 saturated carbocycles. The van der Waals surface area contributed by atoms with Gasteiger partial charge in [0.05, 0.1) is 35.3 Å². The predicted molar refractivity (Wildman–Crippen MR) is 114 cm³/mol. The van der Waals surface area contributed by atoms with E-state index in [1.807, 2.05) is 17.5 Å². The second kappa shape index (κ2) is 8.62. The van der Waals surface area contributed by atoms with Gasteiger partial charge in [0.15, 0.2) is 5.13 Å². The van der Waals surface area contributed by atoms with Crippen LogP contribution in [-0.2, 0) is 11.3 Å². The van der Waals surface area contributed by atoms with E-state index in [4.69, 9.17) is 16.3 Å². The Morgan fingerprint density at radius 1 is 1.28 bits per heavy atom. The van der Waals surface area contributed by atoms with Gasteiger partial charge in [0, 0.05) is 36.2 Å². The molecule has 1 fully saturated rings. The summed E-state index contributed by atoms with van der Waals surface area (Å²) in [5.41, 5.74) is 2.25. The van der Waals surface area contributed by atoms with Gasteiger partial charge in [-0.2, -0.15) is 5.10 Å². The molecule has 7 nitrogen and oxygen atoms in total. The zero-order valence-electron chi connectivity index (χ0n) is 16.2. The number of hydrogen-bond acceptors (Lipinski definition) is 6. The van der Waals surface area contributed by atoms with Crippen molar-refractivity contribution >= 4 is 34.0 Å². The number of rotatable bonds is 5. The van der Waals surface area contributed by atoms with Crippen molar-refractivity contribution in [3.63, 3.8) is 0 Å². The number of nitrogens with one attached hydrogen (secondary N) is 1. The predicted octanol–water partition coefficient (Wildman–Crippen LogP) is 3.84. The van der Waals surface area contributed by atoms with Gasteiger partial charge in [-0.15, -0.1) is 11.3 Å². The number of anilines is 1. The molecular weight excluding hydrogens is 410 g/mol. The summed E-state index contributed by atoms with van der Waals surface area (Å²) in [4.78, 5) is 19.4. The molecule has 0 radical (unpaired) electrons. The first-order valence-electron chi connectivity index (χ1n) is 9.40. The Kier molecular flexibility index (Phi) is 5.96. The minimum absolute atomic E-state index is 0.216. The minimum atomic E-state index is -0.236. The average Bonchev–Trinajstić information content (AvgIpc) is 3.31. The van der Waals surface area contributed by atoms with Crippen molar-refractivity contribution in [2.24, 2.45) is 0 Å². The van der Waals surface area contributed by atoms with Gasteiger partial charge in [-0.05, 0) is 38.1 Å². The van der Waals surface area contributed by atoms with Gasteiger partial charge in [0.2, 0.25) is 0 Å². The van der Waals surface area contributed by atoms with Crippen LogP contribution in [0.1, 0.15) is 29.9 Å². The number of morpholine rings is 1. The van der Waals surface area contributed by atoms with Crippen LogP contribution in [0.5, 0.6) is 0 Å². The average molecular weight is 432 g/mol. The lowest BCUT2D eigenvalue weighted by molar-refractivity contribution is -0.0707. The Balaban J connectivity index is 1.37. The van der Waals surface area contributed by atoms with Crippen LogP contribution in [0.4, 0.5) is 5.13 Å². The van der Waals surface area contributed by atoms with Crippen molar-refractivity contribution in [1.29, 1.82) is 0 Å². The Morgan fingerprint density at radius 2 is 2.00 bits per heavy atom. The molecule has 1 N–H and O–H groups in total. The van der Waals surface area contributed by atoms with Gasteiger partial charge < -0.3 is 4.74 Å². The number of carbonyl (C=O) groups excluding carboxylic acids is 1. The largest absolute Gasteiger partial charge is 0.373 e. The molecule has 152 valence electrons. The number of amides is 1. The SMILES string of the molecule is CC1CN(Cc2csc(NC(=O)c3cnn(-c4ccc(Cl)cc4)c3)n2)CC(C)O1. The van der Waals surface area contributed by atoms with Crippen LogP contribution in [0.15, 0.2) is 42.0 Å². The van der Waals surface area contributed by atoms with E-state index in [9.17, 15) is 4.79 Å². The smallest absolute Gasteiger partial charge is 0.260 e. The molecule has 9 heteroatoms. The summed E-state index contributed by atoms with van der Waals surface area (Å²) in [6.45, 7) is 6.68. The molecule has 3 heterocycles. The standard InChI is InChI=1S/C20H22ClN5O2S/c1-13-8-25(9-14(2)28-13)11-17-12-29-20(23-17)24-19(27)15-7-22-26(10-15)18-5-3-16(21)4-6-18/h3-7,10,12-14H,8-9,11H2,1-2H3,(H,23,24,27). The Bertz CT molecular complexity index is 977. The molecule has 0 bridgehead atoms.